The molecule has 1 aromatic carbocycles. The van der Waals surface area contributed by atoms with Crippen molar-refractivity contribution in [3.05, 3.63) is 35.2 Å². The molecular weight excluding hydrogens is 432 g/mol. The summed E-state index contributed by atoms with van der Waals surface area (Å²) in [6, 6.07) is 2.46. The molecule has 1 amide bonds. The van der Waals surface area contributed by atoms with Crippen LogP contribution >= 0.6 is 0 Å². The zero-order valence-corrected chi connectivity index (χ0v) is 19.5. The molecule has 1 aromatic heterocycles. The van der Waals surface area contributed by atoms with E-state index in [9.17, 15) is 13.6 Å². The van der Waals surface area contributed by atoms with Gasteiger partial charge >= 0.3 is 0 Å². The lowest BCUT2D eigenvalue weighted by Gasteiger charge is -2.47. The molecule has 2 unspecified atom stereocenters. The number of hydrogen-bond donors (Lipinski definition) is 1. The third kappa shape index (κ3) is 4.69. The number of aromatic nitrogens is 1. The molecule has 1 N–H and O–H groups in total. The minimum absolute atomic E-state index is 0.0120. The fraction of sp³-hybridized carbons (Fsp3) is 0.583. The summed E-state index contributed by atoms with van der Waals surface area (Å²) in [5.74, 6) is -1.81. The van der Waals surface area contributed by atoms with Crippen molar-refractivity contribution in [3.8, 4) is 5.75 Å². The molecule has 0 spiro atoms. The van der Waals surface area contributed by atoms with Crippen LogP contribution in [0.5, 0.6) is 5.75 Å². The second-order valence-electron chi connectivity index (χ2n) is 9.10. The number of aryl methyl sites for hydroxylation is 1. The van der Waals surface area contributed by atoms with Gasteiger partial charge < -0.3 is 24.1 Å². The molecule has 180 valence electrons. The van der Waals surface area contributed by atoms with Gasteiger partial charge in [0, 0.05) is 31.4 Å². The minimum Gasteiger partial charge on any atom is -0.484 e. The molecule has 2 atom stereocenters. The molecule has 2 fully saturated rings. The Balaban J connectivity index is 1.46. The van der Waals surface area contributed by atoms with Crippen molar-refractivity contribution in [1.29, 1.82) is 0 Å². The predicted octanol–water partition coefficient (Wildman–Crippen LogP) is 4.95. The summed E-state index contributed by atoms with van der Waals surface area (Å²) in [5.41, 5.74) is -0.152. The van der Waals surface area contributed by atoms with E-state index in [1.807, 2.05) is 11.8 Å². The molecule has 4 rings (SSSR count). The number of nitrogens with one attached hydrogen (secondary N) is 1. The van der Waals surface area contributed by atoms with Crippen molar-refractivity contribution < 1.29 is 27.5 Å². The van der Waals surface area contributed by atoms with Crippen molar-refractivity contribution in [1.82, 2.24) is 4.98 Å². The van der Waals surface area contributed by atoms with Crippen molar-refractivity contribution >= 4 is 17.6 Å². The Labute approximate surface area is 192 Å². The van der Waals surface area contributed by atoms with E-state index in [1.54, 1.807) is 7.11 Å². The molecule has 9 heteroatoms. The predicted molar refractivity (Wildman–Crippen MR) is 120 cm³/mol. The number of ether oxygens (including phenoxy) is 2. The molecule has 0 radical (unpaired) electrons. The summed E-state index contributed by atoms with van der Waals surface area (Å²) in [6.07, 6.45) is 3.62. The second-order valence-corrected chi connectivity index (χ2v) is 9.10. The molecule has 1 saturated carbocycles. The monoisotopic (exact) mass is 463 g/mol. The first-order chi connectivity index (χ1) is 15.8. The first kappa shape index (κ1) is 23.5. The standard InChI is InChI=1S/C24H31F2N3O4/c1-5-19-20(28-23(33-19)29-12-24(6-2,13-29)31-4)22(30)27-15-10-17(25)21(18(26)11-15)32-16-8-7-14(3)9-16/h10-11,14,16H,5-9,12-13H2,1-4H3,(H,27,30). The van der Waals surface area contributed by atoms with Crippen LogP contribution in [0.1, 0.15) is 62.7 Å². The maximum atomic E-state index is 14.6. The molecule has 1 saturated heterocycles. The normalized spacial score (nSPS) is 21.7. The molecule has 7 nitrogen and oxygen atoms in total. The van der Waals surface area contributed by atoms with Crippen LogP contribution in [0.25, 0.3) is 0 Å². The fourth-order valence-corrected chi connectivity index (χ4v) is 4.54. The average molecular weight is 464 g/mol. The van der Waals surface area contributed by atoms with Gasteiger partial charge in [-0.25, -0.2) is 8.78 Å². The maximum Gasteiger partial charge on any atom is 0.298 e. The second kappa shape index (κ2) is 9.29. The molecule has 2 aliphatic rings. The number of carbonyl (C=O) groups excluding carboxylic acids is 1. The number of nitrogens with zero attached hydrogens (tertiary/aromatic N) is 2. The largest absolute Gasteiger partial charge is 0.484 e. The van der Waals surface area contributed by atoms with Crippen LogP contribution in [0.15, 0.2) is 16.5 Å². The van der Waals surface area contributed by atoms with Crippen LogP contribution in [0.4, 0.5) is 20.5 Å². The van der Waals surface area contributed by atoms with E-state index in [-0.39, 0.29) is 23.1 Å². The number of rotatable bonds is 8. The van der Waals surface area contributed by atoms with Gasteiger partial charge in [-0.1, -0.05) is 20.8 Å². The number of anilines is 2. The number of halogens is 2. The SMILES string of the molecule is CCc1oc(N2CC(CC)(OC)C2)nc1C(=O)Nc1cc(F)c(OC2CCC(C)C2)c(F)c1. The van der Waals surface area contributed by atoms with Gasteiger partial charge in [0.2, 0.25) is 0 Å². The van der Waals surface area contributed by atoms with E-state index >= 15 is 0 Å². The summed E-state index contributed by atoms with van der Waals surface area (Å²) < 4.78 is 46.1. The number of hydrogen-bond acceptors (Lipinski definition) is 6. The minimum atomic E-state index is -0.850. The molecule has 2 aromatic rings. The summed E-state index contributed by atoms with van der Waals surface area (Å²) in [5, 5.41) is 2.53. The van der Waals surface area contributed by atoms with Crippen LogP contribution in [0, 0.1) is 17.6 Å². The van der Waals surface area contributed by atoms with Crippen molar-refractivity contribution in [2.45, 2.75) is 64.6 Å². The van der Waals surface area contributed by atoms with E-state index in [0.29, 0.717) is 37.2 Å². The maximum absolute atomic E-state index is 14.6. The number of oxazole rings is 1. The van der Waals surface area contributed by atoms with Gasteiger partial charge in [0.25, 0.3) is 11.9 Å². The average Bonchev–Trinajstić information content (AvgIpc) is 3.37. The molecule has 0 bridgehead atoms. The number of carbonyl (C=O) groups is 1. The highest BCUT2D eigenvalue weighted by molar-refractivity contribution is 6.03. The van der Waals surface area contributed by atoms with Crippen LogP contribution < -0.4 is 15.0 Å². The Morgan fingerprint density at radius 1 is 1.27 bits per heavy atom. The Morgan fingerprint density at radius 3 is 2.52 bits per heavy atom. The lowest BCUT2D eigenvalue weighted by Crippen LogP contribution is -2.62. The third-order valence-corrected chi connectivity index (χ3v) is 6.72. The Hall–Kier alpha value is -2.68. The van der Waals surface area contributed by atoms with E-state index in [0.717, 1.165) is 37.8 Å². The van der Waals surface area contributed by atoms with Crippen molar-refractivity contribution in [3.63, 3.8) is 0 Å². The van der Waals surface area contributed by atoms with Crippen LogP contribution in [0.2, 0.25) is 0 Å². The molecule has 2 heterocycles. The molecule has 33 heavy (non-hydrogen) atoms. The van der Waals surface area contributed by atoms with E-state index in [2.05, 4.69) is 24.1 Å². The highest BCUT2D eigenvalue weighted by Gasteiger charge is 2.44. The lowest BCUT2D eigenvalue weighted by atomic mass is 9.91. The van der Waals surface area contributed by atoms with Gasteiger partial charge in [0.15, 0.2) is 23.1 Å². The quantitative estimate of drug-likeness (QED) is 0.597. The zero-order valence-electron chi connectivity index (χ0n) is 19.5. The van der Waals surface area contributed by atoms with E-state index < -0.39 is 23.3 Å². The number of methoxy groups -OCH3 is 1. The van der Waals surface area contributed by atoms with Gasteiger partial charge in [-0.15, -0.1) is 0 Å². The van der Waals surface area contributed by atoms with Crippen LogP contribution in [-0.4, -0.2) is 42.8 Å². The first-order valence-electron chi connectivity index (χ1n) is 11.5. The summed E-state index contributed by atoms with van der Waals surface area (Å²) >= 11 is 0. The first-order valence-corrected chi connectivity index (χ1v) is 11.5. The van der Waals surface area contributed by atoms with Crippen LogP contribution in [0.3, 0.4) is 0 Å². The van der Waals surface area contributed by atoms with Crippen molar-refractivity contribution in [2.24, 2.45) is 5.92 Å². The van der Waals surface area contributed by atoms with Crippen LogP contribution in [-0.2, 0) is 11.2 Å². The number of benzene rings is 1. The van der Waals surface area contributed by atoms with Gasteiger partial charge in [0.1, 0.15) is 11.4 Å². The molecule has 1 aliphatic carbocycles. The molecular formula is C24H31F2N3O4. The van der Waals surface area contributed by atoms with E-state index in [1.165, 1.54) is 0 Å². The van der Waals surface area contributed by atoms with Crippen molar-refractivity contribution in [2.75, 3.05) is 30.4 Å². The summed E-state index contributed by atoms with van der Waals surface area (Å²) in [4.78, 5) is 19.1. The Bertz CT molecular complexity index is 990. The highest BCUT2D eigenvalue weighted by atomic mass is 19.1. The van der Waals surface area contributed by atoms with E-state index in [4.69, 9.17) is 13.9 Å². The highest BCUT2D eigenvalue weighted by Crippen LogP contribution is 2.34. The number of amides is 1. The zero-order chi connectivity index (χ0) is 23.8. The van der Waals surface area contributed by atoms with Gasteiger partial charge in [-0.05, 0) is 31.6 Å². The summed E-state index contributed by atoms with van der Waals surface area (Å²) in [6.45, 7) is 7.22. The Kier molecular flexibility index (Phi) is 6.61. The van der Waals surface area contributed by atoms with Gasteiger partial charge in [-0.2, -0.15) is 4.98 Å². The van der Waals surface area contributed by atoms with Gasteiger partial charge in [0.05, 0.1) is 19.2 Å². The smallest absolute Gasteiger partial charge is 0.298 e. The van der Waals surface area contributed by atoms with Gasteiger partial charge in [-0.3, -0.25) is 4.79 Å². The Morgan fingerprint density at radius 2 is 1.97 bits per heavy atom. The lowest BCUT2D eigenvalue weighted by molar-refractivity contribution is -0.0379. The molecule has 1 aliphatic heterocycles. The topological polar surface area (TPSA) is 76.8 Å². The third-order valence-electron chi connectivity index (χ3n) is 6.72. The summed E-state index contributed by atoms with van der Waals surface area (Å²) in [7, 11) is 1.68. The fourth-order valence-electron chi connectivity index (χ4n) is 4.54.